The molecule has 2 heterocycles. The number of H-pyrrole nitrogens is 1. The maximum Gasteiger partial charge on any atom is 0.341 e. The summed E-state index contributed by atoms with van der Waals surface area (Å²) < 4.78 is 5.28. The summed E-state index contributed by atoms with van der Waals surface area (Å²) in [7, 11) is 0. The SMILES string of the molecule is CCOC(=O)C1=CN(C(=O)CNCc2ccccc2)CCc2c1[nH]c1ccccc21. The number of benzene rings is 2. The van der Waals surface area contributed by atoms with Crippen LogP contribution in [-0.2, 0) is 27.3 Å². The number of esters is 1. The zero-order valence-corrected chi connectivity index (χ0v) is 17.0. The Morgan fingerprint density at radius 1 is 1.10 bits per heavy atom. The summed E-state index contributed by atoms with van der Waals surface area (Å²) in [5.41, 5.74) is 4.25. The predicted octanol–water partition coefficient (Wildman–Crippen LogP) is 3.25. The van der Waals surface area contributed by atoms with E-state index in [0.717, 1.165) is 27.7 Å². The first kappa shape index (κ1) is 19.9. The highest BCUT2D eigenvalue weighted by Gasteiger charge is 2.27. The molecule has 30 heavy (non-hydrogen) atoms. The zero-order chi connectivity index (χ0) is 20.9. The lowest BCUT2D eigenvalue weighted by Gasteiger charge is -2.18. The van der Waals surface area contributed by atoms with E-state index >= 15 is 0 Å². The average molecular weight is 403 g/mol. The first-order valence-corrected chi connectivity index (χ1v) is 10.2. The number of ether oxygens (including phenoxy) is 1. The normalized spacial score (nSPS) is 13.5. The Bertz CT molecular complexity index is 1090. The van der Waals surface area contributed by atoms with Gasteiger partial charge in [-0.15, -0.1) is 0 Å². The highest BCUT2D eigenvalue weighted by Crippen LogP contribution is 2.31. The number of hydrogen-bond acceptors (Lipinski definition) is 4. The minimum absolute atomic E-state index is 0.0813. The largest absolute Gasteiger partial charge is 0.462 e. The smallest absolute Gasteiger partial charge is 0.341 e. The van der Waals surface area contributed by atoms with Gasteiger partial charge in [-0.25, -0.2) is 4.79 Å². The number of hydrogen-bond donors (Lipinski definition) is 2. The third-order valence-electron chi connectivity index (χ3n) is 5.23. The van der Waals surface area contributed by atoms with Crippen molar-refractivity contribution in [2.24, 2.45) is 0 Å². The van der Waals surface area contributed by atoms with Gasteiger partial charge in [0.05, 0.1) is 24.4 Å². The zero-order valence-electron chi connectivity index (χ0n) is 17.0. The quantitative estimate of drug-likeness (QED) is 0.620. The van der Waals surface area contributed by atoms with E-state index < -0.39 is 5.97 Å². The minimum Gasteiger partial charge on any atom is -0.462 e. The van der Waals surface area contributed by atoms with E-state index in [-0.39, 0.29) is 19.1 Å². The van der Waals surface area contributed by atoms with Crippen LogP contribution >= 0.6 is 0 Å². The number of aromatic amines is 1. The third-order valence-corrected chi connectivity index (χ3v) is 5.23. The van der Waals surface area contributed by atoms with Crippen molar-refractivity contribution in [3.05, 3.63) is 77.6 Å². The highest BCUT2D eigenvalue weighted by molar-refractivity contribution is 6.18. The summed E-state index contributed by atoms with van der Waals surface area (Å²) in [6, 6.07) is 17.9. The number of para-hydroxylation sites is 1. The van der Waals surface area contributed by atoms with Crippen LogP contribution in [0.3, 0.4) is 0 Å². The van der Waals surface area contributed by atoms with Crippen molar-refractivity contribution in [3.8, 4) is 0 Å². The van der Waals surface area contributed by atoms with Gasteiger partial charge < -0.3 is 19.9 Å². The highest BCUT2D eigenvalue weighted by atomic mass is 16.5. The second-order valence-electron chi connectivity index (χ2n) is 7.21. The van der Waals surface area contributed by atoms with Gasteiger partial charge in [0.1, 0.15) is 0 Å². The molecule has 4 rings (SSSR count). The predicted molar refractivity (Wildman–Crippen MR) is 116 cm³/mol. The van der Waals surface area contributed by atoms with E-state index in [4.69, 9.17) is 4.74 Å². The molecule has 1 amide bonds. The molecule has 1 aromatic heterocycles. The lowest BCUT2D eigenvalue weighted by Crippen LogP contribution is -2.35. The molecule has 0 radical (unpaired) electrons. The molecule has 154 valence electrons. The maximum absolute atomic E-state index is 12.9. The van der Waals surface area contributed by atoms with E-state index in [1.54, 1.807) is 18.0 Å². The van der Waals surface area contributed by atoms with Crippen LogP contribution in [0.4, 0.5) is 0 Å². The topological polar surface area (TPSA) is 74.4 Å². The van der Waals surface area contributed by atoms with Crippen LogP contribution in [0.2, 0.25) is 0 Å². The van der Waals surface area contributed by atoms with Gasteiger partial charge in [0.15, 0.2) is 0 Å². The fourth-order valence-corrected chi connectivity index (χ4v) is 3.78. The summed E-state index contributed by atoms with van der Waals surface area (Å²) in [5, 5.41) is 4.26. The number of carbonyl (C=O) groups is 2. The number of rotatable bonds is 6. The van der Waals surface area contributed by atoms with Crippen LogP contribution < -0.4 is 5.32 Å². The summed E-state index contributed by atoms with van der Waals surface area (Å²) in [5.74, 6) is -0.510. The van der Waals surface area contributed by atoms with Crippen molar-refractivity contribution >= 4 is 28.4 Å². The molecule has 3 aromatic rings. The minimum atomic E-state index is -0.428. The van der Waals surface area contributed by atoms with Crippen LogP contribution in [0.25, 0.3) is 16.5 Å². The number of carbonyl (C=O) groups excluding carboxylic acids is 2. The molecule has 6 nitrogen and oxygen atoms in total. The summed E-state index contributed by atoms with van der Waals surface area (Å²) in [6.07, 6.45) is 2.29. The number of fused-ring (bicyclic) bond motifs is 3. The Kier molecular flexibility index (Phi) is 5.95. The molecule has 2 aromatic carbocycles. The first-order chi connectivity index (χ1) is 14.7. The van der Waals surface area contributed by atoms with Crippen molar-refractivity contribution in [2.45, 2.75) is 19.9 Å². The lowest BCUT2D eigenvalue weighted by atomic mass is 10.0. The van der Waals surface area contributed by atoms with Gasteiger partial charge in [-0.1, -0.05) is 48.5 Å². The molecule has 6 heteroatoms. The molecule has 1 aliphatic heterocycles. The summed E-state index contributed by atoms with van der Waals surface area (Å²) in [4.78, 5) is 30.5. The fourth-order valence-electron chi connectivity index (χ4n) is 3.78. The van der Waals surface area contributed by atoms with Crippen molar-refractivity contribution < 1.29 is 14.3 Å². The molecule has 0 spiro atoms. The lowest BCUT2D eigenvalue weighted by molar-refractivity contribution is -0.136. The Balaban J connectivity index is 1.56. The van der Waals surface area contributed by atoms with Crippen molar-refractivity contribution in [2.75, 3.05) is 19.7 Å². The molecular formula is C24H25N3O3. The van der Waals surface area contributed by atoms with Crippen LogP contribution in [0.1, 0.15) is 23.7 Å². The molecule has 0 saturated carbocycles. The Labute approximate surface area is 175 Å². The molecule has 1 aliphatic rings. The Hall–Kier alpha value is -3.38. The molecule has 2 N–H and O–H groups in total. The van der Waals surface area contributed by atoms with E-state index in [1.807, 2.05) is 54.6 Å². The summed E-state index contributed by atoms with van der Waals surface area (Å²) in [6.45, 7) is 3.36. The Morgan fingerprint density at radius 3 is 2.67 bits per heavy atom. The molecule has 0 fully saturated rings. The van der Waals surface area contributed by atoms with Crippen LogP contribution in [0.15, 0.2) is 60.8 Å². The van der Waals surface area contributed by atoms with Gasteiger partial charge in [-0.05, 0) is 30.5 Å². The summed E-state index contributed by atoms with van der Waals surface area (Å²) >= 11 is 0. The van der Waals surface area contributed by atoms with Gasteiger partial charge in [0.2, 0.25) is 5.91 Å². The van der Waals surface area contributed by atoms with Gasteiger partial charge in [-0.2, -0.15) is 0 Å². The maximum atomic E-state index is 12.9. The van der Waals surface area contributed by atoms with Gasteiger partial charge in [0.25, 0.3) is 0 Å². The van der Waals surface area contributed by atoms with E-state index in [2.05, 4.69) is 10.3 Å². The molecule has 0 aliphatic carbocycles. The second kappa shape index (κ2) is 8.97. The molecule has 0 unspecified atom stereocenters. The first-order valence-electron chi connectivity index (χ1n) is 10.2. The standard InChI is InChI=1S/C24H25N3O3/c1-2-30-24(29)20-16-27(22(28)15-25-14-17-8-4-3-5-9-17)13-12-19-18-10-6-7-11-21(18)26-23(19)20/h3-11,16,25-26H,2,12-15H2,1H3. The van der Waals surface area contributed by atoms with Crippen LogP contribution in [0, 0.1) is 0 Å². The van der Waals surface area contributed by atoms with E-state index in [0.29, 0.717) is 25.1 Å². The number of nitrogens with one attached hydrogen (secondary N) is 2. The van der Waals surface area contributed by atoms with Crippen molar-refractivity contribution in [1.82, 2.24) is 15.2 Å². The number of aromatic nitrogens is 1. The van der Waals surface area contributed by atoms with Crippen LogP contribution in [-0.4, -0.2) is 41.5 Å². The Morgan fingerprint density at radius 2 is 1.87 bits per heavy atom. The van der Waals surface area contributed by atoms with E-state index in [1.165, 1.54) is 0 Å². The monoisotopic (exact) mass is 403 g/mol. The second-order valence-corrected chi connectivity index (χ2v) is 7.21. The van der Waals surface area contributed by atoms with Gasteiger partial charge in [0, 0.05) is 30.2 Å². The van der Waals surface area contributed by atoms with Crippen LogP contribution in [0.5, 0.6) is 0 Å². The van der Waals surface area contributed by atoms with Crippen molar-refractivity contribution in [1.29, 1.82) is 0 Å². The van der Waals surface area contributed by atoms with Gasteiger partial charge >= 0.3 is 5.97 Å². The molecule has 0 bridgehead atoms. The fraction of sp³-hybridized carbons (Fsp3) is 0.250. The molecular weight excluding hydrogens is 378 g/mol. The number of amides is 1. The van der Waals surface area contributed by atoms with E-state index in [9.17, 15) is 9.59 Å². The van der Waals surface area contributed by atoms with Crippen molar-refractivity contribution in [3.63, 3.8) is 0 Å². The average Bonchev–Trinajstić information content (AvgIpc) is 3.02. The molecule has 0 atom stereocenters. The third kappa shape index (κ3) is 4.14. The molecule has 0 saturated heterocycles. The van der Waals surface area contributed by atoms with Gasteiger partial charge in [-0.3, -0.25) is 4.79 Å². The number of nitrogens with zero attached hydrogens (tertiary/aromatic N) is 1.